The highest BCUT2D eigenvalue weighted by Gasteiger charge is 2.27. The molecule has 2 heterocycles. The van der Waals surface area contributed by atoms with Crippen molar-refractivity contribution in [3.05, 3.63) is 59.8 Å². The Kier molecular flexibility index (Phi) is 6.60. The molecule has 1 aromatic heterocycles. The first-order valence-corrected chi connectivity index (χ1v) is 9.49. The molecular formula is C20H22ClN5O2. The van der Waals surface area contributed by atoms with E-state index in [2.05, 4.69) is 27.4 Å². The Hall–Kier alpha value is -2.93. The molecule has 2 N–H and O–H groups in total. The summed E-state index contributed by atoms with van der Waals surface area (Å²) >= 11 is 5.80. The predicted molar refractivity (Wildman–Crippen MR) is 110 cm³/mol. The van der Waals surface area contributed by atoms with Gasteiger partial charge in [0.15, 0.2) is 11.0 Å². The number of hydrogen-bond acceptors (Lipinski definition) is 5. The lowest BCUT2D eigenvalue weighted by Crippen LogP contribution is -2.41. The maximum Gasteiger partial charge on any atom is 0.253 e. The molecule has 1 aliphatic rings. The van der Waals surface area contributed by atoms with Crippen molar-refractivity contribution in [2.75, 3.05) is 29.9 Å². The fourth-order valence-electron chi connectivity index (χ4n) is 3.16. The number of halogens is 1. The molecule has 1 atom stereocenters. The average molecular weight is 400 g/mol. The molecule has 0 radical (unpaired) electrons. The van der Waals surface area contributed by atoms with Crippen LogP contribution in [-0.2, 0) is 4.79 Å². The van der Waals surface area contributed by atoms with E-state index in [4.69, 9.17) is 11.6 Å². The summed E-state index contributed by atoms with van der Waals surface area (Å²) in [4.78, 5) is 27.2. The number of carbonyl (C=O) groups excluding carboxylic acids is 2. The molecule has 1 saturated heterocycles. The highest BCUT2D eigenvalue weighted by Crippen LogP contribution is 2.24. The molecule has 3 rings (SSSR count). The number of amides is 2. The average Bonchev–Trinajstić information content (AvgIpc) is 2.73. The van der Waals surface area contributed by atoms with Crippen molar-refractivity contribution in [2.24, 2.45) is 5.92 Å². The van der Waals surface area contributed by atoms with Gasteiger partial charge in [0.2, 0.25) is 5.91 Å². The second-order valence-corrected chi connectivity index (χ2v) is 6.92. The van der Waals surface area contributed by atoms with Crippen LogP contribution in [0.15, 0.2) is 49.1 Å². The number of piperidine rings is 1. The SMILES string of the molecule is C=CCNC(=O)c1ccccc1NC(=O)[C@@H]1CCCN(c2ccc(Cl)nn2)C1. The minimum atomic E-state index is -0.252. The predicted octanol–water partition coefficient (Wildman–Crippen LogP) is 2.90. The first-order valence-electron chi connectivity index (χ1n) is 9.11. The van der Waals surface area contributed by atoms with Gasteiger partial charge in [0, 0.05) is 19.6 Å². The van der Waals surface area contributed by atoms with Crippen LogP contribution in [0.4, 0.5) is 11.5 Å². The van der Waals surface area contributed by atoms with Gasteiger partial charge in [0.25, 0.3) is 5.91 Å². The third-order valence-corrected chi connectivity index (χ3v) is 4.77. The van der Waals surface area contributed by atoms with Crippen LogP contribution in [0.25, 0.3) is 0 Å². The largest absolute Gasteiger partial charge is 0.354 e. The zero-order chi connectivity index (χ0) is 19.9. The van der Waals surface area contributed by atoms with Gasteiger partial charge in [0.1, 0.15) is 0 Å². The van der Waals surface area contributed by atoms with Crippen LogP contribution in [0, 0.1) is 5.92 Å². The van der Waals surface area contributed by atoms with Gasteiger partial charge < -0.3 is 15.5 Å². The number of para-hydroxylation sites is 1. The van der Waals surface area contributed by atoms with Gasteiger partial charge in [-0.05, 0) is 37.1 Å². The number of carbonyl (C=O) groups is 2. The molecule has 0 unspecified atom stereocenters. The van der Waals surface area contributed by atoms with Gasteiger partial charge in [0.05, 0.1) is 17.2 Å². The second-order valence-electron chi connectivity index (χ2n) is 6.53. The summed E-state index contributed by atoms with van der Waals surface area (Å²) in [6, 6.07) is 10.5. The Labute approximate surface area is 168 Å². The maximum absolute atomic E-state index is 12.8. The molecule has 1 fully saturated rings. The van der Waals surface area contributed by atoms with E-state index in [1.807, 2.05) is 4.90 Å². The number of aromatic nitrogens is 2. The lowest BCUT2D eigenvalue weighted by Gasteiger charge is -2.32. The number of nitrogens with zero attached hydrogens (tertiary/aromatic N) is 3. The van der Waals surface area contributed by atoms with Crippen molar-refractivity contribution < 1.29 is 9.59 Å². The molecule has 7 nitrogen and oxygen atoms in total. The van der Waals surface area contributed by atoms with Crippen LogP contribution < -0.4 is 15.5 Å². The Balaban J connectivity index is 1.68. The van der Waals surface area contributed by atoms with Crippen molar-refractivity contribution in [3.63, 3.8) is 0 Å². The topological polar surface area (TPSA) is 87.2 Å². The third-order valence-electron chi connectivity index (χ3n) is 4.57. The molecule has 2 aromatic rings. The highest BCUT2D eigenvalue weighted by molar-refractivity contribution is 6.29. The molecule has 8 heteroatoms. The molecule has 2 amide bonds. The first-order chi connectivity index (χ1) is 13.6. The Bertz CT molecular complexity index is 856. The molecular weight excluding hydrogens is 378 g/mol. The number of benzene rings is 1. The number of anilines is 2. The maximum atomic E-state index is 12.8. The zero-order valence-corrected chi connectivity index (χ0v) is 16.2. The van der Waals surface area contributed by atoms with Crippen LogP contribution in [0.3, 0.4) is 0 Å². The summed E-state index contributed by atoms with van der Waals surface area (Å²) in [6.45, 7) is 5.29. The van der Waals surface area contributed by atoms with E-state index >= 15 is 0 Å². The minimum absolute atomic E-state index is 0.115. The normalized spacial score (nSPS) is 16.3. The zero-order valence-electron chi connectivity index (χ0n) is 15.4. The molecule has 28 heavy (non-hydrogen) atoms. The van der Waals surface area contributed by atoms with Crippen LogP contribution >= 0.6 is 11.6 Å². The van der Waals surface area contributed by atoms with E-state index in [0.717, 1.165) is 19.4 Å². The van der Waals surface area contributed by atoms with Crippen LogP contribution in [0.2, 0.25) is 5.15 Å². The molecule has 146 valence electrons. The van der Waals surface area contributed by atoms with Gasteiger partial charge in [-0.25, -0.2) is 0 Å². The van der Waals surface area contributed by atoms with Crippen molar-refractivity contribution in [3.8, 4) is 0 Å². The van der Waals surface area contributed by atoms with Gasteiger partial charge in [-0.2, -0.15) is 0 Å². The van der Waals surface area contributed by atoms with E-state index in [0.29, 0.717) is 35.3 Å². The monoisotopic (exact) mass is 399 g/mol. The van der Waals surface area contributed by atoms with Crippen LogP contribution in [0.1, 0.15) is 23.2 Å². The quantitative estimate of drug-likeness (QED) is 0.729. The molecule has 0 bridgehead atoms. The molecule has 0 aliphatic carbocycles. The van der Waals surface area contributed by atoms with Gasteiger partial charge in [-0.3, -0.25) is 9.59 Å². The smallest absolute Gasteiger partial charge is 0.253 e. The van der Waals surface area contributed by atoms with Gasteiger partial charge in [-0.1, -0.05) is 29.8 Å². The number of rotatable bonds is 6. The van der Waals surface area contributed by atoms with Crippen molar-refractivity contribution in [1.82, 2.24) is 15.5 Å². The van der Waals surface area contributed by atoms with E-state index < -0.39 is 0 Å². The summed E-state index contributed by atoms with van der Waals surface area (Å²) in [5, 5.41) is 13.9. The Morgan fingerprint density at radius 2 is 2.07 bits per heavy atom. The van der Waals surface area contributed by atoms with E-state index in [1.165, 1.54) is 0 Å². The summed E-state index contributed by atoms with van der Waals surface area (Å²) in [6.07, 6.45) is 3.24. The lowest BCUT2D eigenvalue weighted by atomic mass is 9.96. The van der Waals surface area contributed by atoms with Crippen molar-refractivity contribution >= 4 is 34.9 Å². The van der Waals surface area contributed by atoms with Crippen LogP contribution in [-0.4, -0.2) is 41.6 Å². The Morgan fingerprint density at radius 3 is 2.82 bits per heavy atom. The van der Waals surface area contributed by atoms with E-state index in [9.17, 15) is 9.59 Å². The standard InChI is InChI=1S/C20H22ClN5O2/c1-2-11-22-20(28)15-7-3-4-8-16(15)23-19(27)14-6-5-12-26(13-14)18-10-9-17(21)24-25-18/h2-4,7-10,14H,1,5-6,11-13H2,(H,22,28)(H,23,27)/t14-/m1/s1. The molecule has 0 saturated carbocycles. The summed E-state index contributed by atoms with van der Waals surface area (Å²) < 4.78 is 0. The van der Waals surface area contributed by atoms with Crippen molar-refractivity contribution in [1.29, 1.82) is 0 Å². The minimum Gasteiger partial charge on any atom is -0.354 e. The highest BCUT2D eigenvalue weighted by atomic mass is 35.5. The third kappa shape index (κ3) is 4.86. The Morgan fingerprint density at radius 1 is 1.25 bits per heavy atom. The second kappa shape index (κ2) is 9.32. The van der Waals surface area contributed by atoms with Gasteiger partial charge in [-0.15, -0.1) is 16.8 Å². The molecule has 0 spiro atoms. The number of hydrogen-bond donors (Lipinski definition) is 2. The first kappa shape index (κ1) is 19.8. The molecule has 1 aromatic carbocycles. The van der Waals surface area contributed by atoms with E-state index in [-0.39, 0.29) is 17.7 Å². The molecule has 1 aliphatic heterocycles. The summed E-state index contributed by atoms with van der Waals surface area (Å²) in [7, 11) is 0. The summed E-state index contributed by atoms with van der Waals surface area (Å²) in [5.41, 5.74) is 0.923. The lowest BCUT2D eigenvalue weighted by molar-refractivity contribution is -0.120. The van der Waals surface area contributed by atoms with Crippen molar-refractivity contribution in [2.45, 2.75) is 12.8 Å². The van der Waals surface area contributed by atoms with Crippen LogP contribution in [0.5, 0.6) is 0 Å². The fourth-order valence-corrected chi connectivity index (χ4v) is 3.26. The number of nitrogens with one attached hydrogen (secondary N) is 2. The fraction of sp³-hybridized carbons (Fsp3) is 0.300. The van der Waals surface area contributed by atoms with Gasteiger partial charge >= 0.3 is 0 Å². The van der Waals surface area contributed by atoms with E-state index in [1.54, 1.807) is 42.5 Å². The summed E-state index contributed by atoms with van der Waals surface area (Å²) in [5.74, 6) is 0.120.